The highest BCUT2D eigenvalue weighted by molar-refractivity contribution is 5.94. The van der Waals surface area contributed by atoms with E-state index in [-0.39, 0.29) is 17.4 Å². The molecule has 0 aromatic heterocycles. The quantitative estimate of drug-likeness (QED) is 0.774. The minimum absolute atomic E-state index is 0.0383. The Morgan fingerprint density at radius 2 is 1.40 bits per heavy atom. The summed E-state index contributed by atoms with van der Waals surface area (Å²) in [5, 5.41) is 0. The van der Waals surface area contributed by atoms with Crippen molar-refractivity contribution in [3.8, 4) is 0 Å². The average molecular weight is 356 g/mol. The van der Waals surface area contributed by atoms with Crippen LogP contribution in [0.3, 0.4) is 0 Å². The smallest absolute Gasteiger partial charge is 0.340 e. The highest BCUT2D eigenvalue weighted by Crippen LogP contribution is 2.29. The Labute approximate surface area is 145 Å². The molecule has 25 heavy (non-hydrogen) atoms. The molecule has 2 amide bonds. The second kappa shape index (κ2) is 7.06. The zero-order valence-electron chi connectivity index (χ0n) is 14.7. The van der Waals surface area contributed by atoms with Crippen LogP contribution in [0.5, 0.6) is 0 Å². The molecule has 0 spiro atoms. The lowest BCUT2D eigenvalue weighted by Crippen LogP contribution is -2.42. The molecule has 2 rings (SSSR count). The Hall–Kier alpha value is -2.05. The van der Waals surface area contributed by atoms with Gasteiger partial charge in [-0.25, -0.2) is 0 Å². The molecule has 4 nitrogen and oxygen atoms in total. The number of carbonyl (C=O) groups excluding carboxylic acids is 2. The van der Waals surface area contributed by atoms with Crippen molar-refractivity contribution in [3.63, 3.8) is 0 Å². The number of alkyl halides is 3. The first-order valence-corrected chi connectivity index (χ1v) is 8.26. The van der Waals surface area contributed by atoms with Crippen LogP contribution in [0.1, 0.15) is 43.1 Å². The summed E-state index contributed by atoms with van der Waals surface area (Å²) in [6.45, 7) is 7.42. The number of rotatable bonds is 1. The maximum absolute atomic E-state index is 12.6. The molecule has 1 aromatic rings. The van der Waals surface area contributed by atoms with Gasteiger partial charge in [0.25, 0.3) is 5.91 Å². The summed E-state index contributed by atoms with van der Waals surface area (Å²) in [6, 6.07) is 4.24. The van der Waals surface area contributed by atoms with Crippen LogP contribution in [-0.4, -0.2) is 47.8 Å². The normalized spacial score (nSPS) is 16.6. The summed E-state index contributed by atoms with van der Waals surface area (Å²) in [5.74, 6) is -0.268. The molecule has 1 saturated heterocycles. The van der Waals surface area contributed by atoms with E-state index in [0.29, 0.717) is 32.6 Å². The van der Waals surface area contributed by atoms with Gasteiger partial charge in [0.2, 0.25) is 5.91 Å². The predicted octanol–water partition coefficient (Wildman–Crippen LogP) is 3.43. The van der Waals surface area contributed by atoms with E-state index >= 15 is 0 Å². The van der Waals surface area contributed by atoms with Crippen molar-refractivity contribution >= 4 is 11.8 Å². The van der Waals surface area contributed by atoms with Gasteiger partial charge >= 0.3 is 6.18 Å². The van der Waals surface area contributed by atoms with Crippen molar-refractivity contribution in [1.29, 1.82) is 0 Å². The maximum Gasteiger partial charge on any atom is 0.416 e. The van der Waals surface area contributed by atoms with Crippen molar-refractivity contribution in [1.82, 2.24) is 9.80 Å². The molecule has 138 valence electrons. The van der Waals surface area contributed by atoms with Crippen LogP contribution >= 0.6 is 0 Å². The minimum atomic E-state index is -4.42. The molecule has 0 aliphatic carbocycles. The summed E-state index contributed by atoms with van der Waals surface area (Å²) in [7, 11) is 0. The molecule has 0 saturated carbocycles. The minimum Gasteiger partial charge on any atom is -0.340 e. The fourth-order valence-electron chi connectivity index (χ4n) is 2.78. The second-order valence-corrected chi connectivity index (χ2v) is 7.26. The average Bonchev–Trinajstić information content (AvgIpc) is 2.77. The van der Waals surface area contributed by atoms with Crippen LogP contribution in [0, 0.1) is 5.41 Å². The van der Waals surface area contributed by atoms with Crippen LogP contribution in [0.2, 0.25) is 0 Å². The first kappa shape index (κ1) is 19.3. The topological polar surface area (TPSA) is 40.6 Å². The molecule has 0 N–H and O–H groups in total. The van der Waals surface area contributed by atoms with Gasteiger partial charge in [0, 0.05) is 37.2 Å². The number of benzene rings is 1. The van der Waals surface area contributed by atoms with Gasteiger partial charge in [-0.2, -0.15) is 13.2 Å². The molecule has 0 radical (unpaired) electrons. The van der Waals surface area contributed by atoms with Crippen LogP contribution in [0.15, 0.2) is 24.3 Å². The largest absolute Gasteiger partial charge is 0.416 e. The van der Waals surface area contributed by atoms with Gasteiger partial charge in [0.05, 0.1) is 5.56 Å². The van der Waals surface area contributed by atoms with Crippen molar-refractivity contribution in [2.24, 2.45) is 5.41 Å². The molecule has 0 atom stereocenters. The fourth-order valence-corrected chi connectivity index (χ4v) is 2.78. The first-order chi connectivity index (χ1) is 11.5. The van der Waals surface area contributed by atoms with Crippen LogP contribution in [0.25, 0.3) is 0 Å². The molecule has 1 aliphatic heterocycles. The lowest BCUT2D eigenvalue weighted by molar-refractivity contribution is -0.139. The molecule has 7 heteroatoms. The van der Waals surface area contributed by atoms with E-state index in [1.165, 1.54) is 12.1 Å². The number of amides is 2. The second-order valence-electron chi connectivity index (χ2n) is 7.26. The van der Waals surface area contributed by atoms with Gasteiger partial charge in [-0.05, 0) is 30.7 Å². The zero-order valence-corrected chi connectivity index (χ0v) is 14.7. The molecule has 1 aliphatic rings. The van der Waals surface area contributed by atoms with Crippen molar-refractivity contribution in [3.05, 3.63) is 35.4 Å². The Kier molecular flexibility index (Phi) is 5.44. The van der Waals surface area contributed by atoms with Crippen LogP contribution in [0.4, 0.5) is 13.2 Å². The molecular weight excluding hydrogens is 333 g/mol. The Morgan fingerprint density at radius 3 is 1.92 bits per heavy atom. The van der Waals surface area contributed by atoms with Gasteiger partial charge in [-0.15, -0.1) is 0 Å². The van der Waals surface area contributed by atoms with Gasteiger partial charge in [0.15, 0.2) is 0 Å². The summed E-state index contributed by atoms with van der Waals surface area (Å²) < 4.78 is 37.8. The first-order valence-electron chi connectivity index (χ1n) is 8.26. The Bertz CT molecular complexity index is 633. The van der Waals surface area contributed by atoms with E-state index in [4.69, 9.17) is 0 Å². The monoisotopic (exact) mass is 356 g/mol. The lowest BCUT2D eigenvalue weighted by atomic mass is 9.94. The highest BCUT2D eigenvalue weighted by Gasteiger charge is 2.31. The van der Waals surface area contributed by atoms with E-state index in [9.17, 15) is 22.8 Å². The van der Waals surface area contributed by atoms with Gasteiger partial charge < -0.3 is 9.80 Å². The molecule has 0 unspecified atom stereocenters. The molecule has 1 aromatic carbocycles. The molecular formula is C18H23F3N2O2. The summed E-state index contributed by atoms with van der Waals surface area (Å²) in [4.78, 5) is 28.2. The standard InChI is InChI=1S/C18H23F3N2O2/c1-17(2,3)16(25)23-10-4-9-22(11-12-23)15(24)13-5-7-14(8-6-13)18(19,20)21/h5-8H,4,9-12H2,1-3H3. The third kappa shape index (κ3) is 4.74. The van der Waals surface area contributed by atoms with E-state index < -0.39 is 17.2 Å². The van der Waals surface area contributed by atoms with E-state index in [1.807, 2.05) is 20.8 Å². The summed E-state index contributed by atoms with van der Waals surface area (Å²) in [5.41, 5.74) is -1.03. The maximum atomic E-state index is 12.6. The van der Waals surface area contributed by atoms with Crippen molar-refractivity contribution in [2.75, 3.05) is 26.2 Å². The Morgan fingerprint density at radius 1 is 0.880 bits per heavy atom. The number of hydrogen-bond donors (Lipinski definition) is 0. The highest BCUT2D eigenvalue weighted by atomic mass is 19.4. The SMILES string of the molecule is CC(C)(C)C(=O)N1CCCN(C(=O)c2ccc(C(F)(F)F)cc2)CC1. The number of halogens is 3. The van der Waals surface area contributed by atoms with Gasteiger partial charge in [-0.3, -0.25) is 9.59 Å². The Balaban J connectivity index is 2.05. The number of carbonyl (C=O) groups is 2. The summed E-state index contributed by atoms with van der Waals surface area (Å²) >= 11 is 0. The van der Waals surface area contributed by atoms with Crippen molar-refractivity contribution < 1.29 is 22.8 Å². The fraction of sp³-hybridized carbons (Fsp3) is 0.556. The predicted molar refractivity (Wildman–Crippen MR) is 88.0 cm³/mol. The number of nitrogens with zero attached hydrogens (tertiary/aromatic N) is 2. The number of hydrogen-bond acceptors (Lipinski definition) is 2. The lowest BCUT2D eigenvalue weighted by Gasteiger charge is -2.28. The molecule has 0 bridgehead atoms. The third-order valence-corrected chi connectivity index (χ3v) is 4.17. The van der Waals surface area contributed by atoms with Crippen LogP contribution in [-0.2, 0) is 11.0 Å². The van der Waals surface area contributed by atoms with Crippen LogP contribution < -0.4 is 0 Å². The third-order valence-electron chi connectivity index (χ3n) is 4.17. The van der Waals surface area contributed by atoms with Crippen molar-refractivity contribution in [2.45, 2.75) is 33.4 Å². The summed E-state index contributed by atoms with van der Waals surface area (Å²) in [6.07, 6.45) is -3.77. The van der Waals surface area contributed by atoms with E-state index in [2.05, 4.69) is 0 Å². The van der Waals surface area contributed by atoms with E-state index in [0.717, 1.165) is 12.1 Å². The zero-order chi connectivity index (χ0) is 18.8. The van der Waals surface area contributed by atoms with Gasteiger partial charge in [-0.1, -0.05) is 20.8 Å². The van der Waals surface area contributed by atoms with Gasteiger partial charge in [0.1, 0.15) is 0 Å². The molecule has 1 fully saturated rings. The molecule has 1 heterocycles. The van der Waals surface area contributed by atoms with E-state index in [1.54, 1.807) is 9.80 Å².